The van der Waals surface area contributed by atoms with Crippen LogP contribution in [0.25, 0.3) is 0 Å². The molecule has 0 radical (unpaired) electrons. The molecule has 1 aliphatic carbocycles. The monoisotopic (exact) mass is 439 g/mol. The fourth-order valence-electron chi connectivity index (χ4n) is 3.71. The summed E-state index contributed by atoms with van der Waals surface area (Å²) in [5, 5.41) is 5.65. The van der Waals surface area contributed by atoms with Crippen molar-refractivity contribution in [3.05, 3.63) is 23.8 Å². The molecule has 3 rings (SSSR count). The predicted molar refractivity (Wildman–Crippen MR) is 110 cm³/mol. The highest BCUT2D eigenvalue weighted by Crippen LogP contribution is 2.28. The van der Waals surface area contributed by atoms with Crippen LogP contribution in [0, 0.1) is 0 Å². The van der Waals surface area contributed by atoms with Crippen LogP contribution in [-0.2, 0) is 19.6 Å². The molecular formula is C20H29N3O6S. The van der Waals surface area contributed by atoms with Crippen molar-refractivity contribution in [3.63, 3.8) is 0 Å². The van der Waals surface area contributed by atoms with Crippen LogP contribution in [-0.4, -0.2) is 70.5 Å². The highest BCUT2D eigenvalue weighted by atomic mass is 32.2. The first-order valence-electron chi connectivity index (χ1n) is 10.3. The van der Waals surface area contributed by atoms with E-state index in [-0.39, 0.29) is 54.2 Å². The number of methoxy groups -OCH3 is 1. The third-order valence-corrected chi connectivity index (χ3v) is 7.29. The van der Waals surface area contributed by atoms with E-state index >= 15 is 0 Å². The van der Waals surface area contributed by atoms with Crippen LogP contribution in [0.4, 0.5) is 0 Å². The quantitative estimate of drug-likeness (QED) is 0.622. The standard InChI is InChI=1S/C20H29N3O6S/c1-28-17-7-6-15(14-18(17)30(26,27)23-10-12-29-13-11-23)20(25)21-9-8-19(24)22-16-4-2-3-5-16/h6-7,14,16H,2-5,8-13H2,1H3,(H,21,25)(H,22,24). The van der Waals surface area contributed by atoms with Crippen molar-refractivity contribution in [2.24, 2.45) is 0 Å². The molecule has 1 saturated heterocycles. The number of sulfonamides is 1. The summed E-state index contributed by atoms with van der Waals surface area (Å²) < 4.78 is 37.8. The molecule has 10 heteroatoms. The molecule has 0 aromatic heterocycles. The lowest BCUT2D eigenvalue weighted by Crippen LogP contribution is -2.40. The van der Waals surface area contributed by atoms with Crippen molar-refractivity contribution in [2.45, 2.75) is 43.0 Å². The van der Waals surface area contributed by atoms with E-state index < -0.39 is 15.9 Å². The summed E-state index contributed by atoms with van der Waals surface area (Å²) in [6.45, 7) is 1.32. The Balaban J connectivity index is 1.63. The molecule has 0 spiro atoms. The zero-order chi connectivity index (χ0) is 21.6. The minimum Gasteiger partial charge on any atom is -0.495 e. The van der Waals surface area contributed by atoms with Gasteiger partial charge in [0.1, 0.15) is 10.6 Å². The number of hydrogen-bond donors (Lipinski definition) is 2. The molecule has 30 heavy (non-hydrogen) atoms. The second-order valence-electron chi connectivity index (χ2n) is 7.44. The number of nitrogens with one attached hydrogen (secondary N) is 2. The van der Waals surface area contributed by atoms with E-state index in [2.05, 4.69) is 10.6 Å². The van der Waals surface area contributed by atoms with E-state index in [4.69, 9.17) is 9.47 Å². The first kappa shape index (κ1) is 22.5. The molecule has 2 aliphatic rings. The highest BCUT2D eigenvalue weighted by molar-refractivity contribution is 7.89. The van der Waals surface area contributed by atoms with Crippen molar-refractivity contribution < 1.29 is 27.5 Å². The van der Waals surface area contributed by atoms with Gasteiger partial charge in [-0.2, -0.15) is 4.31 Å². The van der Waals surface area contributed by atoms with Gasteiger partial charge < -0.3 is 20.1 Å². The molecule has 166 valence electrons. The van der Waals surface area contributed by atoms with Gasteiger partial charge >= 0.3 is 0 Å². The number of morpholine rings is 1. The van der Waals surface area contributed by atoms with Gasteiger partial charge in [0.15, 0.2) is 0 Å². The Morgan fingerprint density at radius 3 is 2.57 bits per heavy atom. The van der Waals surface area contributed by atoms with Crippen LogP contribution >= 0.6 is 0 Å². The van der Waals surface area contributed by atoms with Crippen LogP contribution in [0.3, 0.4) is 0 Å². The number of nitrogens with zero attached hydrogens (tertiary/aromatic N) is 1. The molecule has 1 aliphatic heterocycles. The van der Waals surface area contributed by atoms with Gasteiger partial charge in [-0.05, 0) is 31.0 Å². The summed E-state index contributed by atoms with van der Waals surface area (Å²) in [5.41, 5.74) is 0.193. The zero-order valence-corrected chi connectivity index (χ0v) is 18.0. The highest BCUT2D eigenvalue weighted by Gasteiger charge is 2.30. The lowest BCUT2D eigenvalue weighted by atomic mass is 10.2. The minimum absolute atomic E-state index is 0.0569. The van der Waals surface area contributed by atoms with Crippen molar-refractivity contribution in [1.82, 2.24) is 14.9 Å². The summed E-state index contributed by atoms with van der Waals surface area (Å²) in [6.07, 6.45) is 4.45. The Morgan fingerprint density at radius 2 is 1.90 bits per heavy atom. The van der Waals surface area contributed by atoms with Gasteiger partial charge in [0.05, 0.1) is 20.3 Å². The van der Waals surface area contributed by atoms with E-state index in [0.29, 0.717) is 13.2 Å². The maximum atomic E-state index is 13.0. The fourth-order valence-corrected chi connectivity index (χ4v) is 5.30. The molecule has 2 fully saturated rings. The smallest absolute Gasteiger partial charge is 0.251 e. The number of hydrogen-bond acceptors (Lipinski definition) is 6. The molecule has 2 amide bonds. The van der Waals surface area contributed by atoms with Gasteiger partial charge in [-0.3, -0.25) is 9.59 Å². The van der Waals surface area contributed by atoms with Gasteiger partial charge in [-0.15, -0.1) is 0 Å². The average Bonchev–Trinajstić information content (AvgIpc) is 3.26. The number of benzene rings is 1. The molecular weight excluding hydrogens is 410 g/mol. The largest absolute Gasteiger partial charge is 0.495 e. The van der Waals surface area contributed by atoms with Crippen LogP contribution < -0.4 is 15.4 Å². The number of ether oxygens (including phenoxy) is 2. The van der Waals surface area contributed by atoms with E-state index in [1.54, 1.807) is 0 Å². The Bertz CT molecular complexity index is 861. The normalized spacial score (nSPS) is 18.2. The molecule has 2 N–H and O–H groups in total. The van der Waals surface area contributed by atoms with Crippen LogP contribution in [0.2, 0.25) is 0 Å². The number of carbonyl (C=O) groups excluding carboxylic acids is 2. The Morgan fingerprint density at radius 1 is 1.20 bits per heavy atom. The maximum Gasteiger partial charge on any atom is 0.251 e. The molecule has 9 nitrogen and oxygen atoms in total. The zero-order valence-electron chi connectivity index (χ0n) is 17.2. The van der Waals surface area contributed by atoms with Gasteiger partial charge in [-0.1, -0.05) is 12.8 Å². The van der Waals surface area contributed by atoms with Gasteiger partial charge in [0, 0.05) is 37.7 Å². The molecule has 1 saturated carbocycles. The molecule has 1 heterocycles. The van der Waals surface area contributed by atoms with Crippen molar-refractivity contribution in [3.8, 4) is 5.75 Å². The maximum absolute atomic E-state index is 13.0. The fraction of sp³-hybridized carbons (Fsp3) is 0.600. The summed E-state index contributed by atoms with van der Waals surface area (Å²) in [6, 6.07) is 4.53. The van der Waals surface area contributed by atoms with Crippen molar-refractivity contribution in [1.29, 1.82) is 0 Å². The number of carbonyl (C=O) groups is 2. The molecule has 1 aromatic carbocycles. The summed E-state index contributed by atoms with van der Waals surface area (Å²) in [7, 11) is -2.44. The van der Waals surface area contributed by atoms with Crippen LogP contribution in [0.5, 0.6) is 5.75 Å². The molecule has 0 atom stereocenters. The topological polar surface area (TPSA) is 114 Å². The third-order valence-electron chi connectivity index (χ3n) is 5.37. The molecule has 1 aromatic rings. The third kappa shape index (κ3) is 5.50. The van der Waals surface area contributed by atoms with E-state index in [1.807, 2.05) is 0 Å². The lowest BCUT2D eigenvalue weighted by molar-refractivity contribution is -0.121. The predicted octanol–water partition coefficient (Wildman–Crippen LogP) is 0.895. The second kappa shape index (κ2) is 10.2. The molecule has 0 bridgehead atoms. The summed E-state index contributed by atoms with van der Waals surface area (Å²) in [5.74, 6) is -0.355. The average molecular weight is 440 g/mol. The molecule has 0 unspecified atom stereocenters. The number of amides is 2. The first-order valence-corrected chi connectivity index (χ1v) is 11.7. The van der Waals surface area contributed by atoms with Crippen molar-refractivity contribution >= 4 is 21.8 Å². The lowest BCUT2D eigenvalue weighted by Gasteiger charge is -2.26. The second-order valence-corrected chi connectivity index (χ2v) is 9.34. The SMILES string of the molecule is COc1ccc(C(=O)NCCC(=O)NC2CCCC2)cc1S(=O)(=O)N1CCOCC1. The number of rotatable bonds is 8. The summed E-state index contributed by atoms with van der Waals surface area (Å²) in [4.78, 5) is 24.4. The van der Waals surface area contributed by atoms with Gasteiger partial charge in [0.25, 0.3) is 5.91 Å². The summed E-state index contributed by atoms with van der Waals surface area (Å²) >= 11 is 0. The first-order chi connectivity index (χ1) is 14.4. The van der Waals surface area contributed by atoms with Crippen LogP contribution in [0.1, 0.15) is 42.5 Å². The van der Waals surface area contributed by atoms with Crippen molar-refractivity contribution in [2.75, 3.05) is 40.0 Å². The Labute approximate surface area is 177 Å². The van der Waals surface area contributed by atoms with Gasteiger partial charge in [-0.25, -0.2) is 8.42 Å². The Hall–Kier alpha value is -2.17. The Kier molecular flexibility index (Phi) is 7.68. The van der Waals surface area contributed by atoms with E-state index in [0.717, 1.165) is 25.7 Å². The van der Waals surface area contributed by atoms with Gasteiger partial charge in [0.2, 0.25) is 15.9 Å². The minimum atomic E-state index is -3.82. The van der Waals surface area contributed by atoms with Crippen LogP contribution in [0.15, 0.2) is 23.1 Å². The van der Waals surface area contributed by atoms with E-state index in [9.17, 15) is 18.0 Å². The van der Waals surface area contributed by atoms with E-state index in [1.165, 1.54) is 29.6 Å².